The topological polar surface area (TPSA) is 49.4 Å². The summed E-state index contributed by atoms with van der Waals surface area (Å²) in [6, 6.07) is 11.4. The molecule has 0 spiro atoms. The quantitative estimate of drug-likeness (QED) is 0.893. The fraction of sp³-hybridized carbons (Fsp3) is 0.368. The Bertz CT molecular complexity index is 725. The summed E-state index contributed by atoms with van der Waals surface area (Å²) in [5, 5.41) is 5.16. The van der Waals surface area contributed by atoms with E-state index in [1.54, 1.807) is 22.3 Å². The van der Waals surface area contributed by atoms with Crippen LogP contribution >= 0.6 is 11.3 Å². The molecule has 2 aromatic rings. The van der Waals surface area contributed by atoms with Crippen molar-refractivity contribution in [1.29, 1.82) is 0 Å². The van der Waals surface area contributed by atoms with Crippen LogP contribution in [0.25, 0.3) is 0 Å². The van der Waals surface area contributed by atoms with Gasteiger partial charge in [0.1, 0.15) is 0 Å². The zero-order chi connectivity index (χ0) is 17.1. The van der Waals surface area contributed by atoms with Crippen LogP contribution in [-0.2, 0) is 4.79 Å². The molecule has 5 heteroatoms. The van der Waals surface area contributed by atoms with Gasteiger partial charge in [-0.15, -0.1) is 11.3 Å². The lowest BCUT2D eigenvalue weighted by atomic mass is 10.0. The van der Waals surface area contributed by atoms with Gasteiger partial charge >= 0.3 is 0 Å². The summed E-state index contributed by atoms with van der Waals surface area (Å²) in [6.07, 6.45) is 1.47. The van der Waals surface area contributed by atoms with E-state index in [9.17, 15) is 9.59 Å². The first-order valence-electron chi connectivity index (χ1n) is 8.31. The lowest BCUT2D eigenvalue weighted by Crippen LogP contribution is -2.31. The van der Waals surface area contributed by atoms with E-state index in [0.29, 0.717) is 17.9 Å². The van der Waals surface area contributed by atoms with Crippen molar-refractivity contribution in [3.05, 3.63) is 52.2 Å². The van der Waals surface area contributed by atoms with Crippen molar-refractivity contribution < 1.29 is 9.59 Å². The Morgan fingerprint density at radius 3 is 2.71 bits per heavy atom. The first-order valence-corrected chi connectivity index (χ1v) is 9.19. The Hall–Kier alpha value is -2.14. The molecule has 0 saturated carbocycles. The highest BCUT2D eigenvalue weighted by Gasteiger charge is 2.23. The van der Waals surface area contributed by atoms with Crippen LogP contribution < -0.4 is 10.2 Å². The molecule has 1 aromatic carbocycles. The second kappa shape index (κ2) is 7.18. The number of nitrogens with zero attached hydrogens (tertiary/aromatic N) is 1. The maximum absolute atomic E-state index is 12.7. The van der Waals surface area contributed by atoms with Gasteiger partial charge in [0, 0.05) is 29.1 Å². The molecule has 24 heavy (non-hydrogen) atoms. The smallest absolute Gasteiger partial charge is 0.251 e. The zero-order valence-corrected chi connectivity index (χ0v) is 14.8. The molecular formula is C19H22N2O2S. The van der Waals surface area contributed by atoms with E-state index in [2.05, 4.69) is 25.2 Å². The molecule has 1 aromatic heterocycles. The van der Waals surface area contributed by atoms with Gasteiger partial charge in [0.25, 0.3) is 5.91 Å². The zero-order valence-electron chi connectivity index (χ0n) is 14.0. The van der Waals surface area contributed by atoms with Crippen molar-refractivity contribution >= 4 is 28.8 Å². The van der Waals surface area contributed by atoms with Crippen molar-refractivity contribution in [3.8, 4) is 0 Å². The second-order valence-electron chi connectivity index (χ2n) is 6.41. The van der Waals surface area contributed by atoms with Crippen LogP contribution in [0.15, 0.2) is 41.8 Å². The molecule has 1 aliphatic rings. The molecule has 0 bridgehead atoms. The molecule has 1 aliphatic heterocycles. The number of carbonyl (C=O) groups is 2. The van der Waals surface area contributed by atoms with Crippen molar-refractivity contribution in [2.75, 3.05) is 11.4 Å². The van der Waals surface area contributed by atoms with E-state index in [4.69, 9.17) is 0 Å². The maximum Gasteiger partial charge on any atom is 0.251 e. The van der Waals surface area contributed by atoms with Crippen molar-refractivity contribution in [2.45, 2.75) is 32.7 Å². The molecule has 3 rings (SSSR count). The van der Waals surface area contributed by atoms with Crippen molar-refractivity contribution in [1.82, 2.24) is 5.32 Å². The number of benzene rings is 1. The highest BCUT2D eigenvalue weighted by atomic mass is 32.1. The second-order valence-corrected chi connectivity index (χ2v) is 7.39. The van der Waals surface area contributed by atoms with Crippen LogP contribution in [0.3, 0.4) is 0 Å². The number of rotatable bonds is 5. The number of nitrogens with one attached hydrogen (secondary N) is 1. The number of anilines is 1. The third-order valence-corrected chi connectivity index (χ3v) is 5.25. The molecule has 1 atom stereocenters. The summed E-state index contributed by atoms with van der Waals surface area (Å²) in [7, 11) is 0. The molecule has 1 fully saturated rings. The van der Waals surface area contributed by atoms with Gasteiger partial charge in [0.15, 0.2) is 0 Å². The van der Waals surface area contributed by atoms with Gasteiger partial charge < -0.3 is 10.2 Å². The van der Waals surface area contributed by atoms with Gasteiger partial charge in [-0.1, -0.05) is 26.0 Å². The van der Waals surface area contributed by atoms with E-state index in [0.717, 1.165) is 23.5 Å². The van der Waals surface area contributed by atoms with E-state index >= 15 is 0 Å². The number of hydrogen-bond acceptors (Lipinski definition) is 3. The molecule has 1 saturated heterocycles. The number of hydrogen-bond donors (Lipinski definition) is 1. The molecule has 2 amide bonds. The van der Waals surface area contributed by atoms with Gasteiger partial charge in [0.2, 0.25) is 5.91 Å². The monoisotopic (exact) mass is 342 g/mol. The lowest BCUT2D eigenvalue weighted by molar-refractivity contribution is -0.117. The summed E-state index contributed by atoms with van der Waals surface area (Å²) in [5.74, 6) is 0.331. The third-order valence-electron chi connectivity index (χ3n) is 4.30. The van der Waals surface area contributed by atoms with Gasteiger partial charge in [-0.05, 0) is 42.0 Å². The van der Waals surface area contributed by atoms with Crippen LogP contribution in [0.1, 0.15) is 48.0 Å². The van der Waals surface area contributed by atoms with Crippen LogP contribution in [0.2, 0.25) is 0 Å². The molecule has 0 unspecified atom stereocenters. The van der Waals surface area contributed by atoms with Gasteiger partial charge in [-0.3, -0.25) is 9.59 Å². The average Bonchev–Trinajstić information content (AvgIpc) is 3.23. The predicted octanol–water partition coefficient (Wildman–Crippen LogP) is 4.00. The summed E-state index contributed by atoms with van der Waals surface area (Å²) in [6.45, 7) is 4.93. The van der Waals surface area contributed by atoms with Crippen LogP contribution in [-0.4, -0.2) is 18.4 Å². The molecule has 4 nitrogen and oxygen atoms in total. The maximum atomic E-state index is 12.7. The summed E-state index contributed by atoms with van der Waals surface area (Å²) in [5.41, 5.74) is 1.40. The SMILES string of the molecule is CC(C)[C@H](NC(=O)c1cccc(N2CCCC2=O)c1)c1cccs1. The Kier molecular flexibility index (Phi) is 5.00. The molecule has 126 valence electrons. The summed E-state index contributed by atoms with van der Waals surface area (Å²) < 4.78 is 0. The first-order chi connectivity index (χ1) is 11.6. The Morgan fingerprint density at radius 2 is 2.08 bits per heavy atom. The highest BCUT2D eigenvalue weighted by Crippen LogP contribution is 2.27. The standard InChI is InChI=1S/C19H22N2O2S/c1-13(2)18(16-8-5-11-24-16)20-19(23)14-6-3-7-15(12-14)21-10-4-9-17(21)22/h3,5-8,11-13,18H,4,9-10H2,1-2H3,(H,20,23)/t18-/m0/s1. The largest absolute Gasteiger partial charge is 0.344 e. The van der Waals surface area contributed by atoms with Crippen LogP contribution in [0, 0.1) is 5.92 Å². The summed E-state index contributed by atoms with van der Waals surface area (Å²) in [4.78, 5) is 27.5. The van der Waals surface area contributed by atoms with E-state index < -0.39 is 0 Å². The number of thiophene rings is 1. The Morgan fingerprint density at radius 1 is 1.25 bits per heavy atom. The Labute approximate surface area is 146 Å². The molecule has 0 radical (unpaired) electrons. The fourth-order valence-corrected chi connectivity index (χ4v) is 3.94. The van der Waals surface area contributed by atoms with E-state index in [1.807, 2.05) is 29.6 Å². The normalized spacial score (nSPS) is 15.8. The van der Waals surface area contributed by atoms with Gasteiger partial charge in [0.05, 0.1) is 6.04 Å². The average molecular weight is 342 g/mol. The minimum atomic E-state index is -0.101. The molecule has 1 N–H and O–H groups in total. The molecule has 2 heterocycles. The lowest BCUT2D eigenvalue weighted by Gasteiger charge is -2.22. The van der Waals surface area contributed by atoms with Gasteiger partial charge in [-0.2, -0.15) is 0 Å². The minimum Gasteiger partial charge on any atom is -0.344 e. The summed E-state index contributed by atoms with van der Waals surface area (Å²) >= 11 is 1.65. The first kappa shape index (κ1) is 16.7. The van der Waals surface area contributed by atoms with E-state index in [-0.39, 0.29) is 17.9 Å². The van der Waals surface area contributed by atoms with Crippen LogP contribution in [0.4, 0.5) is 5.69 Å². The molecular weight excluding hydrogens is 320 g/mol. The fourth-order valence-electron chi connectivity index (χ4n) is 3.00. The molecule has 0 aliphatic carbocycles. The number of carbonyl (C=O) groups excluding carboxylic acids is 2. The van der Waals surface area contributed by atoms with E-state index in [1.165, 1.54) is 0 Å². The van der Waals surface area contributed by atoms with Crippen molar-refractivity contribution in [2.24, 2.45) is 5.92 Å². The Balaban J connectivity index is 1.78. The number of amides is 2. The van der Waals surface area contributed by atoms with Crippen molar-refractivity contribution in [3.63, 3.8) is 0 Å². The third kappa shape index (κ3) is 3.51. The predicted molar refractivity (Wildman–Crippen MR) is 97.4 cm³/mol. The van der Waals surface area contributed by atoms with Gasteiger partial charge in [-0.25, -0.2) is 0 Å². The van der Waals surface area contributed by atoms with Crippen LogP contribution in [0.5, 0.6) is 0 Å². The highest BCUT2D eigenvalue weighted by molar-refractivity contribution is 7.10. The minimum absolute atomic E-state index is 0.00502.